The molecule has 0 bridgehead atoms. The Bertz CT molecular complexity index is 911. The molecule has 0 aromatic carbocycles. The molecule has 2 aromatic heterocycles. The molecule has 0 aliphatic carbocycles. The highest BCUT2D eigenvalue weighted by atomic mass is 79.9. The molecule has 4 rings (SSSR count). The summed E-state index contributed by atoms with van der Waals surface area (Å²) in [6.45, 7) is 8.72. The van der Waals surface area contributed by atoms with Crippen LogP contribution in [0.1, 0.15) is 44.2 Å². The van der Waals surface area contributed by atoms with E-state index in [4.69, 9.17) is 0 Å². The fourth-order valence-electron chi connectivity index (χ4n) is 4.25. The van der Waals surface area contributed by atoms with Crippen molar-refractivity contribution in [2.24, 2.45) is 0 Å². The van der Waals surface area contributed by atoms with Crippen molar-refractivity contribution < 1.29 is 4.79 Å². The van der Waals surface area contributed by atoms with Crippen LogP contribution in [0.3, 0.4) is 0 Å². The van der Waals surface area contributed by atoms with Crippen molar-refractivity contribution in [2.45, 2.75) is 52.0 Å². The number of hydrogen-bond acceptors (Lipinski definition) is 7. The van der Waals surface area contributed by atoms with Crippen molar-refractivity contribution in [2.75, 3.05) is 49.9 Å². The first-order chi connectivity index (χ1) is 15.6. The van der Waals surface area contributed by atoms with Crippen LogP contribution in [0.2, 0.25) is 0 Å². The first-order valence-electron chi connectivity index (χ1n) is 11.7. The zero-order valence-electron chi connectivity index (χ0n) is 18.8. The number of likely N-dealkylation sites (tertiary alicyclic amines) is 2. The molecular weight excluding hydrogens is 472 g/mol. The molecule has 2 saturated heterocycles. The molecule has 32 heavy (non-hydrogen) atoms. The predicted octanol–water partition coefficient (Wildman–Crippen LogP) is 3.40. The molecule has 2 aromatic rings. The van der Waals surface area contributed by atoms with Crippen molar-refractivity contribution in [3.05, 3.63) is 22.6 Å². The molecule has 2 aliphatic rings. The third-order valence-electron chi connectivity index (χ3n) is 6.10. The summed E-state index contributed by atoms with van der Waals surface area (Å²) in [5.74, 6) is 1.55. The molecule has 0 atom stereocenters. The number of rotatable bonds is 10. The average Bonchev–Trinajstić information content (AvgIpc) is 3.43. The maximum Gasteiger partial charge on any atom is 0.229 e. The number of halogens is 1. The van der Waals surface area contributed by atoms with Crippen LogP contribution < -0.4 is 10.6 Å². The number of nitrogens with one attached hydrogen (secondary N) is 2. The van der Waals surface area contributed by atoms with E-state index < -0.39 is 0 Å². The zero-order valence-corrected chi connectivity index (χ0v) is 20.4. The summed E-state index contributed by atoms with van der Waals surface area (Å²) >= 11 is 3.52. The highest BCUT2D eigenvalue weighted by molar-refractivity contribution is 9.10. The van der Waals surface area contributed by atoms with Crippen LogP contribution in [-0.4, -0.2) is 74.7 Å². The van der Waals surface area contributed by atoms with E-state index in [2.05, 4.69) is 46.5 Å². The van der Waals surface area contributed by atoms with Gasteiger partial charge in [-0.15, -0.1) is 0 Å². The minimum absolute atomic E-state index is 0.280. The van der Waals surface area contributed by atoms with Gasteiger partial charge < -0.3 is 20.4 Å². The fraction of sp³-hybridized carbons (Fsp3) is 0.636. The number of anilines is 3. The molecule has 0 saturated carbocycles. The van der Waals surface area contributed by atoms with Crippen molar-refractivity contribution in [3.8, 4) is 0 Å². The third-order valence-corrected chi connectivity index (χ3v) is 6.68. The number of nitrogens with zero attached hydrogens (tertiary/aromatic N) is 6. The Labute approximate surface area is 198 Å². The lowest BCUT2D eigenvalue weighted by atomic mass is 10.1. The summed E-state index contributed by atoms with van der Waals surface area (Å²) in [6.07, 6.45) is 10.1. The SMILES string of the molecule is Cc1nn(CCN2CCCC2)cc1Nc1ncc(Br)c(NCCCN2CCCCC2=O)n1. The zero-order chi connectivity index (χ0) is 22.3. The van der Waals surface area contributed by atoms with Crippen molar-refractivity contribution in [1.82, 2.24) is 29.5 Å². The number of hydrogen-bond donors (Lipinski definition) is 2. The number of aryl methyl sites for hydroxylation is 1. The normalized spacial score (nSPS) is 17.2. The molecular formula is C22H33BrN8O. The molecule has 9 nitrogen and oxygen atoms in total. The monoisotopic (exact) mass is 504 g/mol. The maximum atomic E-state index is 11.9. The number of piperidine rings is 1. The Hall–Kier alpha value is -2.20. The lowest BCUT2D eigenvalue weighted by molar-refractivity contribution is -0.133. The smallest absolute Gasteiger partial charge is 0.229 e. The fourth-order valence-corrected chi connectivity index (χ4v) is 4.58. The lowest BCUT2D eigenvalue weighted by Gasteiger charge is -2.26. The van der Waals surface area contributed by atoms with E-state index in [1.807, 2.05) is 22.7 Å². The molecule has 0 spiro atoms. The van der Waals surface area contributed by atoms with E-state index >= 15 is 0 Å². The second kappa shape index (κ2) is 11.1. The van der Waals surface area contributed by atoms with Crippen LogP contribution >= 0.6 is 15.9 Å². The van der Waals surface area contributed by atoms with Gasteiger partial charge in [0.1, 0.15) is 5.82 Å². The summed E-state index contributed by atoms with van der Waals surface area (Å²) < 4.78 is 2.81. The largest absolute Gasteiger partial charge is 0.369 e. The van der Waals surface area contributed by atoms with Crippen molar-refractivity contribution >= 4 is 39.3 Å². The Morgan fingerprint density at radius 3 is 2.72 bits per heavy atom. The minimum Gasteiger partial charge on any atom is -0.369 e. The van der Waals surface area contributed by atoms with E-state index in [0.29, 0.717) is 12.4 Å². The van der Waals surface area contributed by atoms with Crippen LogP contribution in [0.4, 0.5) is 17.5 Å². The lowest BCUT2D eigenvalue weighted by Crippen LogP contribution is -2.36. The summed E-state index contributed by atoms with van der Waals surface area (Å²) in [7, 11) is 0. The summed E-state index contributed by atoms with van der Waals surface area (Å²) in [5, 5.41) is 11.3. The van der Waals surface area contributed by atoms with Crippen LogP contribution in [0, 0.1) is 6.92 Å². The molecule has 0 radical (unpaired) electrons. The molecule has 10 heteroatoms. The van der Waals surface area contributed by atoms with Crippen molar-refractivity contribution in [3.63, 3.8) is 0 Å². The van der Waals surface area contributed by atoms with E-state index in [1.54, 1.807) is 6.20 Å². The Balaban J connectivity index is 1.28. The minimum atomic E-state index is 0.280. The van der Waals surface area contributed by atoms with Crippen LogP contribution in [-0.2, 0) is 11.3 Å². The first kappa shape index (κ1) is 23.0. The second-order valence-electron chi connectivity index (χ2n) is 8.57. The molecule has 174 valence electrons. The topological polar surface area (TPSA) is 91.2 Å². The summed E-state index contributed by atoms with van der Waals surface area (Å²) in [6, 6.07) is 0. The van der Waals surface area contributed by atoms with Crippen LogP contribution in [0.5, 0.6) is 0 Å². The highest BCUT2D eigenvalue weighted by Crippen LogP contribution is 2.23. The number of carbonyl (C=O) groups excluding carboxylic acids is 1. The van der Waals surface area contributed by atoms with Gasteiger partial charge in [0.15, 0.2) is 0 Å². The van der Waals surface area contributed by atoms with Gasteiger partial charge in [-0.1, -0.05) is 0 Å². The van der Waals surface area contributed by atoms with Gasteiger partial charge in [-0.05, 0) is 68.0 Å². The van der Waals surface area contributed by atoms with Gasteiger partial charge >= 0.3 is 0 Å². The van der Waals surface area contributed by atoms with Gasteiger partial charge in [-0.25, -0.2) is 4.98 Å². The highest BCUT2D eigenvalue weighted by Gasteiger charge is 2.17. The van der Waals surface area contributed by atoms with Gasteiger partial charge in [-0.3, -0.25) is 9.48 Å². The van der Waals surface area contributed by atoms with Crippen LogP contribution in [0.15, 0.2) is 16.9 Å². The molecule has 4 heterocycles. The van der Waals surface area contributed by atoms with Gasteiger partial charge in [0.25, 0.3) is 0 Å². The predicted molar refractivity (Wildman–Crippen MR) is 129 cm³/mol. The van der Waals surface area contributed by atoms with E-state index in [1.165, 1.54) is 25.9 Å². The summed E-state index contributed by atoms with van der Waals surface area (Å²) in [5.41, 5.74) is 1.85. The summed E-state index contributed by atoms with van der Waals surface area (Å²) in [4.78, 5) is 25.4. The maximum absolute atomic E-state index is 11.9. The van der Waals surface area contributed by atoms with Gasteiger partial charge in [0.05, 0.1) is 22.4 Å². The molecule has 0 unspecified atom stereocenters. The third kappa shape index (κ3) is 6.19. The Morgan fingerprint density at radius 2 is 1.91 bits per heavy atom. The van der Waals surface area contributed by atoms with Crippen LogP contribution in [0.25, 0.3) is 0 Å². The van der Waals surface area contributed by atoms with E-state index in [0.717, 1.165) is 73.7 Å². The molecule has 2 aliphatic heterocycles. The standard InChI is InChI=1S/C22H33BrN8O/c1-17-19(16-31(28-17)14-13-29-9-4-5-10-29)26-22-25-15-18(23)21(27-22)24-8-6-12-30-11-3-2-7-20(30)32/h15-16H,2-14H2,1H3,(H2,24,25,26,27). The number of aromatic nitrogens is 4. The van der Waals surface area contributed by atoms with Crippen molar-refractivity contribution in [1.29, 1.82) is 0 Å². The van der Waals surface area contributed by atoms with E-state index in [-0.39, 0.29) is 5.91 Å². The molecule has 1 amide bonds. The quantitative estimate of drug-likeness (QED) is 0.479. The molecule has 2 N–H and O–H groups in total. The van der Waals surface area contributed by atoms with Gasteiger partial charge in [0.2, 0.25) is 11.9 Å². The Kier molecular flexibility index (Phi) is 7.96. The average molecular weight is 505 g/mol. The van der Waals surface area contributed by atoms with Gasteiger partial charge in [0, 0.05) is 45.0 Å². The first-order valence-corrected chi connectivity index (χ1v) is 12.5. The molecule has 2 fully saturated rings. The van der Waals surface area contributed by atoms with Gasteiger partial charge in [-0.2, -0.15) is 10.1 Å². The Morgan fingerprint density at radius 1 is 1.09 bits per heavy atom. The second-order valence-corrected chi connectivity index (χ2v) is 9.43. The van der Waals surface area contributed by atoms with E-state index in [9.17, 15) is 4.79 Å². The number of carbonyl (C=O) groups is 1. The number of amides is 1.